The number of H-pyrrole nitrogens is 2. The second-order valence-electron chi connectivity index (χ2n) is 11.6. The highest BCUT2D eigenvalue weighted by Gasteiger charge is 2.13. The Morgan fingerprint density at radius 3 is 2.11 bits per heavy atom. The lowest BCUT2D eigenvalue weighted by atomic mass is 9.99. The molecule has 0 amide bonds. The first-order valence-electron chi connectivity index (χ1n) is 16.0. The van der Waals surface area contributed by atoms with Crippen molar-refractivity contribution in [2.75, 3.05) is 0 Å². The van der Waals surface area contributed by atoms with Crippen LogP contribution < -0.4 is 0 Å². The Balaban J connectivity index is 0.000000165. The van der Waals surface area contributed by atoms with Crippen LogP contribution in [0.2, 0.25) is 5.02 Å². The molecular formula is C42H25BrClFN6OS. The summed E-state index contributed by atoms with van der Waals surface area (Å²) in [5.41, 5.74) is 8.18. The number of nitriles is 2. The van der Waals surface area contributed by atoms with E-state index in [1.54, 1.807) is 49.4 Å². The third-order valence-electron chi connectivity index (χ3n) is 8.24. The molecule has 0 aliphatic rings. The van der Waals surface area contributed by atoms with Crippen molar-refractivity contribution in [2.24, 2.45) is 0 Å². The molecule has 0 atom stereocenters. The zero-order valence-electron chi connectivity index (χ0n) is 27.5. The normalized spacial score (nSPS) is 11.6. The summed E-state index contributed by atoms with van der Waals surface area (Å²) in [5, 5.41) is 22.0. The SMILES string of the molecule is N#C/C(=C\c1cnccc1-c1ccoc1)c1c[nH]c2ccc(Cl)cc12.N#C/C(=C\c1cnccc1Sc1ccc(F)cc1)c1c[nH]c2ccc(Br)cc12. The summed E-state index contributed by atoms with van der Waals surface area (Å²) in [4.78, 5) is 16.6. The molecule has 0 unspecified atom stereocenters. The first-order valence-corrected chi connectivity index (χ1v) is 18.0. The zero-order chi connectivity index (χ0) is 36.7. The Morgan fingerprint density at radius 2 is 1.43 bits per heavy atom. The Labute approximate surface area is 321 Å². The molecule has 3 aromatic carbocycles. The van der Waals surface area contributed by atoms with Gasteiger partial charge in [-0.1, -0.05) is 39.3 Å². The molecule has 0 spiro atoms. The van der Waals surface area contributed by atoms with Crippen LogP contribution in [0, 0.1) is 28.5 Å². The molecular weight excluding hydrogens is 771 g/mol. The molecule has 5 aromatic heterocycles. The van der Waals surface area contributed by atoms with Gasteiger partial charge in [0.25, 0.3) is 0 Å². The maximum absolute atomic E-state index is 13.2. The van der Waals surface area contributed by atoms with Gasteiger partial charge in [-0.25, -0.2) is 4.39 Å². The number of nitrogens with one attached hydrogen (secondary N) is 2. The topological polar surface area (TPSA) is 118 Å². The van der Waals surface area contributed by atoms with Crippen molar-refractivity contribution < 1.29 is 8.81 Å². The highest BCUT2D eigenvalue weighted by atomic mass is 79.9. The van der Waals surface area contributed by atoms with Gasteiger partial charge in [0.1, 0.15) is 5.82 Å². The number of benzene rings is 3. The van der Waals surface area contributed by atoms with Crippen molar-refractivity contribution in [3.05, 3.63) is 166 Å². The first-order chi connectivity index (χ1) is 25.9. The maximum Gasteiger partial charge on any atom is 0.123 e. The number of rotatable bonds is 7. The second-order valence-corrected chi connectivity index (χ2v) is 14.0. The number of allylic oxidation sites excluding steroid dienone is 2. The fourth-order valence-corrected chi connectivity index (χ4v) is 7.13. The minimum absolute atomic E-state index is 0.267. The molecule has 53 heavy (non-hydrogen) atoms. The van der Waals surface area contributed by atoms with Gasteiger partial charge >= 0.3 is 0 Å². The Bertz CT molecular complexity index is 2720. The average Bonchev–Trinajstić information content (AvgIpc) is 3.96. The quantitative estimate of drug-likeness (QED) is 0.155. The van der Waals surface area contributed by atoms with Crippen LogP contribution in [0.1, 0.15) is 22.3 Å². The third kappa shape index (κ3) is 8.01. The van der Waals surface area contributed by atoms with Crippen molar-refractivity contribution >= 4 is 84.4 Å². The lowest BCUT2D eigenvalue weighted by molar-refractivity contribution is 0.568. The molecule has 0 fully saturated rings. The van der Waals surface area contributed by atoms with E-state index >= 15 is 0 Å². The van der Waals surface area contributed by atoms with Crippen molar-refractivity contribution in [2.45, 2.75) is 9.79 Å². The number of aromatic amines is 2. The first kappa shape index (κ1) is 35.2. The smallest absolute Gasteiger partial charge is 0.123 e. The standard InChI is InChI=1S/C22H13BrFN3S.C20H12ClN3O/c23-16-1-6-21-19(10-16)20(13-27-21)14(11-25)9-15-12-26-8-7-22(15)28-18-4-2-17(24)3-5-18;21-16-1-2-20-18(8-16)19(11-24-20)14(9-22)7-15-10-23-5-3-17(15)13-4-6-25-12-13/h1-10,12-13,27H;1-8,10-12,24H/b14-9+;14-7+. The number of hydrogen-bond donors (Lipinski definition) is 2. The van der Waals surface area contributed by atoms with E-state index in [0.29, 0.717) is 16.2 Å². The van der Waals surface area contributed by atoms with Crippen LogP contribution in [-0.4, -0.2) is 19.9 Å². The largest absolute Gasteiger partial charge is 0.472 e. The molecule has 8 rings (SSSR count). The van der Waals surface area contributed by atoms with Gasteiger partial charge in [-0.3, -0.25) is 9.97 Å². The van der Waals surface area contributed by atoms with E-state index in [1.165, 1.54) is 23.9 Å². The molecule has 0 bridgehead atoms. The molecule has 5 heterocycles. The van der Waals surface area contributed by atoms with Gasteiger partial charge in [0.05, 0.1) is 35.8 Å². The monoisotopic (exact) mass is 794 g/mol. The van der Waals surface area contributed by atoms with Crippen molar-refractivity contribution in [1.82, 2.24) is 19.9 Å². The molecule has 11 heteroatoms. The molecule has 0 aliphatic carbocycles. The summed E-state index contributed by atoms with van der Waals surface area (Å²) >= 11 is 11.1. The van der Waals surface area contributed by atoms with Crippen LogP contribution in [0.4, 0.5) is 4.39 Å². The fraction of sp³-hybridized carbons (Fsp3) is 0. The number of fused-ring (bicyclic) bond motifs is 2. The van der Waals surface area contributed by atoms with Crippen LogP contribution in [0.25, 0.3) is 56.2 Å². The van der Waals surface area contributed by atoms with E-state index in [-0.39, 0.29) is 5.82 Å². The van der Waals surface area contributed by atoms with Gasteiger partial charge in [0, 0.05) is 106 Å². The van der Waals surface area contributed by atoms with E-state index in [1.807, 2.05) is 79.1 Å². The third-order valence-corrected chi connectivity index (χ3v) is 10.1. The summed E-state index contributed by atoms with van der Waals surface area (Å²) in [6.07, 6.45) is 17.5. The van der Waals surface area contributed by atoms with Crippen LogP contribution in [0.5, 0.6) is 0 Å². The van der Waals surface area contributed by atoms with Gasteiger partial charge in [0.2, 0.25) is 0 Å². The minimum atomic E-state index is -0.267. The summed E-state index contributed by atoms with van der Waals surface area (Å²) in [7, 11) is 0. The molecule has 0 saturated carbocycles. The van der Waals surface area contributed by atoms with E-state index in [9.17, 15) is 14.9 Å². The van der Waals surface area contributed by atoms with Gasteiger partial charge in [-0.05, 0) is 96.6 Å². The van der Waals surface area contributed by atoms with Crippen LogP contribution in [0.15, 0.2) is 147 Å². The highest BCUT2D eigenvalue weighted by Crippen LogP contribution is 2.35. The minimum Gasteiger partial charge on any atom is -0.472 e. The van der Waals surface area contributed by atoms with Crippen LogP contribution in [-0.2, 0) is 0 Å². The van der Waals surface area contributed by atoms with Crippen molar-refractivity contribution in [3.63, 3.8) is 0 Å². The molecule has 0 saturated heterocycles. The van der Waals surface area contributed by atoms with Gasteiger partial charge < -0.3 is 14.4 Å². The van der Waals surface area contributed by atoms with Crippen molar-refractivity contribution in [3.8, 4) is 23.3 Å². The van der Waals surface area contributed by atoms with E-state index < -0.39 is 0 Å². The summed E-state index contributed by atoms with van der Waals surface area (Å²) < 4.78 is 19.3. The van der Waals surface area contributed by atoms with E-state index in [0.717, 1.165) is 69.5 Å². The van der Waals surface area contributed by atoms with Crippen LogP contribution in [0.3, 0.4) is 0 Å². The number of halogens is 3. The molecule has 2 N–H and O–H groups in total. The Hall–Kier alpha value is -6.17. The van der Waals surface area contributed by atoms with Gasteiger partial charge in [-0.2, -0.15) is 10.5 Å². The van der Waals surface area contributed by atoms with Gasteiger partial charge in [0.15, 0.2) is 0 Å². The fourth-order valence-electron chi connectivity index (χ4n) is 5.71. The zero-order valence-corrected chi connectivity index (χ0v) is 30.7. The van der Waals surface area contributed by atoms with Crippen LogP contribution >= 0.6 is 39.3 Å². The molecule has 8 aromatic rings. The Kier molecular flexibility index (Phi) is 10.7. The maximum atomic E-state index is 13.2. The lowest BCUT2D eigenvalue weighted by Crippen LogP contribution is -1.86. The molecule has 0 aliphatic heterocycles. The summed E-state index contributed by atoms with van der Waals surface area (Å²) in [5.74, 6) is -0.267. The summed E-state index contributed by atoms with van der Waals surface area (Å²) in [6, 6.07) is 28.1. The average molecular weight is 796 g/mol. The van der Waals surface area contributed by atoms with E-state index in [4.69, 9.17) is 16.0 Å². The molecule has 256 valence electrons. The predicted octanol–water partition coefficient (Wildman–Crippen LogP) is 12.2. The lowest BCUT2D eigenvalue weighted by Gasteiger charge is -2.06. The summed E-state index contributed by atoms with van der Waals surface area (Å²) in [6.45, 7) is 0. The highest BCUT2D eigenvalue weighted by molar-refractivity contribution is 9.10. The van der Waals surface area contributed by atoms with Gasteiger partial charge in [-0.15, -0.1) is 0 Å². The molecule has 0 radical (unpaired) electrons. The number of aromatic nitrogens is 4. The predicted molar refractivity (Wildman–Crippen MR) is 213 cm³/mol. The number of nitrogens with zero attached hydrogens (tertiary/aromatic N) is 4. The Morgan fingerprint density at radius 1 is 0.792 bits per heavy atom. The number of furan rings is 1. The number of pyridine rings is 2. The van der Waals surface area contributed by atoms with E-state index in [2.05, 4.69) is 48.0 Å². The second kappa shape index (κ2) is 16.0. The molecule has 7 nitrogen and oxygen atoms in total. The van der Waals surface area contributed by atoms with Crippen molar-refractivity contribution in [1.29, 1.82) is 10.5 Å². The number of hydrogen-bond acceptors (Lipinski definition) is 6.